The Labute approximate surface area is 101 Å². The van der Waals surface area contributed by atoms with Gasteiger partial charge in [-0.25, -0.2) is 9.97 Å². The van der Waals surface area contributed by atoms with Gasteiger partial charge >= 0.3 is 0 Å². The van der Waals surface area contributed by atoms with Crippen LogP contribution in [0.4, 0.5) is 0 Å². The van der Waals surface area contributed by atoms with E-state index in [0.29, 0.717) is 5.82 Å². The minimum Gasteiger partial charge on any atom is -0.322 e. The molecule has 2 aromatic rings. The van der Waals surface area contributed by atoms with Gasteiger partial charge in [0.25, 0.3) is 0 Å². The second-order valence-electron chi connectivity index (χ2n) is 3.19. The van der Waals surface area contributed by atoms with Gasteiger partial charge in [0.05, 0.1) is 20.4 Å². The molecule has 0 spiro atoms. The van der Waals surface area contributed by atoms with Gasteiger partial charge in [-0.1, -0.05) is 0 Å². The van der Waals surface area contributed by atoms with Crippen LogP contribution in [0.3, 0.4) is 0 Å². The molecule has 1 atom stereocenters. The molecule has 0 aromatic carbocycles. The highest BCUT2D eigenvalue weighted by Crippen LogP contribution is 2.29. The number of nitrogens with two attached hydrogens (primary N) is 1. The Hall–Kier alpha value is -0.780. The molecular formula is C10H10BrN3S. The van der Waals surface area contributed by atoms with Gasteiger partial charge < -0.3 is 5.73 Å². The molecule has 5 heteroatoms. The molecule has 78 valence electrons. The van der Waals surface area contributed by atoms with Crippen LogP contribution in [0.2, 0.25) is 0 Å². The molecule has 0 amide bonds. The number of thiophene rings is 1. The third-order valence-electron chi connectivity index (χ3n) is 1.91. The first-order valence-electron chi connectivity index (χ1n) is 4.51. The molecule has 0 aliphatic carbocycles. The van der Waals surface area contributed by atoms with Crippen molar-refractivity contribution in [3.63, 3.8) is 0 Å². The van der Waals surface area contributed by atoms with E-state index in [2.05, 4.69) is 25.9 Å². The van der Waals surface area contributed by atoms with Crippen molar-refractivity contribution in [1.82, 2.24) is 9.97 Å². The number of hydrogen-bond donors (Lipinski definition) is 1. The quantitative estimate of drug-likeness (QED) is 0.922. The summed E-state index contributed by atoms with van der Waals surface area (Å²) in [5.41, 5.74) is 6.66. The lowest BCUT2D eigenvalue weighted by atomic mass is 10.3. The van der Waals surface area contributed by atoms with Crippen molar-refractivity contribution in [2.24, 2.45) is 5.73 Å². The van der Waals surface area contributed by atoms with E-state index in [9.17, 15) is 0 Å². The third kappa shape index (κ3) is 2.42. The summed E-state index contributed by atoms with van der Waals surface area (Å²) < 4.78 is 1.10. The largest absolute Gasteiger partial charge is 0.322 e. The second kappa shape index (κ2) is 4.38. The lowest BCUT2D eigenvalue weighted by Gasteiger charge is -2.04. The predicted molar refractivity (Wildman–Crippen MR) is 65.6 cm³/mol. The summed E-state index contributed by atoms with van der Waals surface area (Å²) in [7, 11) is 0. The highest BCUT2D eigenvalue weighted by atomic mass is 79.9. The van der Waals surface area contributed by atoms with Gasteiger partial charge in [0.2, 0.25) is 0 Å². The van der Waals surface area contributed by atoms with Gasteiger partial charge in [0.15, 0.2) is 0 Å². The van der Waals surface area contributed by atoms with Gasteiger partial charge in [0.1, 0.15) is 5.82 Å². The first-order valence-corrected chi connectivity index (χ1v) is 6.12. The Morgan fingerprint density at radius 1 is 1.40 bits per heavy atom. The van der Waals surface area contributed by atoms with Crippen LogP contribution in [0.15, 0.2) is 28.2 Å². The van der Waals surface area contributed by atoms with E-state index in [1.54, 1.807) is 17.5 Å². The van der Waals surface area contributed by atoms with Crippen LogP contribution in [0.1, 0.15) is 18.8 Å². The standard InChI is InChI=1S/C10H10BrN3S/c1-6(12)10-13-5-4-7(14-10)8-2-3-9(11)15-8/h2-6H,12H2,1H3. The molecule has 0 saturated carbocycles. The van der Waals surface area contributed by atoms with Crippen molar-refractivity contribution in [2.45, 2.75) is 13.0 Å². The van der Waals surface area contributed by atoms with Gasteiger partial charge in [0, 0.05) is 6.20 Å². The van der Waals surface area contributed by atoms with E-state index >= 15 is 0 Å². The van der Waals surface area contributed by atoms with Crippen LogP contribution in [0.5, 0.6) is 0 Å². The van der Waals surface area contributed by atoms with Crippen LogP contribution >= 0.6 is 27.3 Å². The fourth-order valence-corrected chi connectivity index (χ4v) is 2.54. The van der Waals surface area contributed by atoms with Gasteiger partial charge in [-0.3, -0.25) is 0 Å². The van der Waals surface area contributed by atoms with Gasteiger partial charge in [-0.2, -0.15) is 0 Å². The van der Waals surface area contributed by atoms with E-state index in [0.717, 1.165) is 14.4 Å². The third-order valence-corrected chi connectivity index (χ3v) is 3.55. The molecule has 3 nitrogen and oxygen atoms in total. The van der Waals surface area contributed by atoms with Crippen LogP contribution in [0.25, 0.3) is 10.6 Å². The maximum Gasteiger partial charge on any atom is 0.145 e. The molecule has 0 saturated heterocycles. The molecule has 0 bridgehead atoms. The molecule has 2 heterocycles. The van der Waals surface area contributed by atoms with Gasteiger partial charge in [-0.15, -0.1) is 11.3 Å². The van der Waals surface area contributed by atoms with E-state index in [-0.39, 0.29) is 6.04 Å². The first-order chi connectivity index (χ1) is 7.16. The number of rotatable bonds is 2. The van der Waals surface area contributed by atoms with E-state index < -0.39 is 0 Å². The average Bonchev–Trinajstić information content (AvgIpc) is 2.65. The lowest BCUT2D eigenvalue weighted by molar-refractivity contribution is 0.741. The summed E-state index contributed by atoms with van der Waals surface area (Å²) in [4.78, 5) is 9.65. The smallest absolute Gasteiger partial charge is 0.145 e. The highest BCUT2D eigenvalue weighted by molar-refractivity contribution is 9.11. The SMILES string of the molecule is CC(N)c1nccc(-c2ccc(Br)s2)n1. The van der Waals surface area contributed by atoms with Crippen molar-refractivity contribution < 1.29 is 0 Å². The van der Waals surface area contributed by atoms with Crippen molar-refractivity contribution in [3.8, 4) is 10.6 Å². The Kier molecular flexibility index (Phi) is 3.14. The summed E-state index contributed by atoms with van der Waals surface area (Å²) >= 11 is 5.07. The van der Waals surface area contributed by atoms with Crippen molar-refractivity contribution >= 4 is 27.3 Å². The molecule has 0 aliphatic rings. The van der Waals surface area contributed by atoms with Crippen molar-refractivity contribution in [1.29, 1.82) is 0 Å². The molecular weight excluding hydrogens is 274 g/mol. The summed E-state index contributed by atoms with van der Waals surface area (Å²) in [6.07, 6.45) is 1.74. The molecule has 15 heavy (non-hydrogen) atoms. The van der Waals surface area contributed by atoms with Crippen LogP contribution < -0.4 is 5.73 Å². The second-order valence-corrected chi connectivity index (χ2v) is 5.66. The summed E-state index contributed by atoms with van der Waals surface area (Å²) in [5, 5.41) is 0. The van der Waals surface area contributed by atoms with Crippen molar-refractivity contribution in [2.75, 3.05) is 0 Å². The zero-order valence-corrected chi connectivity index (χ0v) is 10.5. The number of halogens is 1. The number of hydrogen-bond acceptors (Lipinski definition) is 4. The number of nitrogens with zero attached hydrogens (tertiary/aromatic N) is 2. The average molecular weight is 284 g/mol. The summed E-state index contributed by atoms with van der Waals surface area (Å²) in [5.74, 6) is 0.678. The molecule has 1 unspecified atom stereocenters. The highest BCUT2D eigenvalue weighted by Gasteiger charge is 2.07. The maximum absolute atomic E-state index is 5.74. The molecule has 2 aromatic heterocycles. The molecule has 0 aliphatic heterocycles. The summed E-state index contributed by atoms with van der Waals surface area (Å²) in [6.45, 7) is 1.88. The first kappa shape index (κ1) is 10.7. The molecule has 0 fully saturated rings. The zero-order chi connectivity index (χ0) is 10.8. The predicted octanol–water partition coefficient (Wildman–Crippen LogP) is 2.99. The maximum atomic E-state index is 5.74. The topological polar surface area (TPSA) is 51.8 Å². The fourth-order valence-electron chi connectivity index (χ4n) is 1.18. The number of aromatic nitrogens is 2. The lowest BCUT2D eigenvalue weighted by Crippen LogP contribution is -2.09. The Morgan fingerprint density at radius 3 is 2.80 bits per heavy atom. The Bertz CT molecular complexity index is 467. The Morgan fingerprint density at radius 2 is 2.20 bits per heavy atom. The van der Waals surface area contributed by atoms with Crippen LogP contribution in [-0.4, -0.2) is 9.97 Å². The van der Waals surface area contributed by atoms with Crippen LogP contribution in [0, 0.1) is 0 Å². The molecule has 2 rings (SSSR count). The van der Waals surface area contributed by atoms with E-state index in [4.69, 9.17) is 5.73 Å². The van der Waals surface area contributed by atoms with Crippen LogP contribution in [-0.2, 0) is 0 Å². The fraction of sp³-hybridized carbons (Fsp3) is 0.200. The minimum absolute atomic E-state index is 0.131. The minimum atomic E-state index is -0.131. The van der Waals surface area contributed by atoms with Gasteiger partial charge in [-0.05, 0) is 41.1 Å². The van der Waals surface area contributed by atoms with E-state index in [1.165, 1.54) is 0 Å². The molecule has 0 radical (unpaired) electrons. The monoisotopic (exact) mass is 283 g/mol. The van der Waals surface area contributed by atoms with E-state index in [1.807, 2.05) is 25.1 Å². The normalized spacial score (nSPS) is 12.7. The zero-order valence-electron chi connectivity index (χ0n) is 8.14. The molecule has 2 N–H and O–H groups in total. The van der Waals surface area contributed by atoms with Crippen molar-refractivity contribution in [3.05, 3.63) is 34.0 Å². The Balaban J connectivity index is 2.41. The summed E-state index contributed by atoms with van der Waals surface area (Å²) in [6, 6.07) is 5.80.